The molecule has 0 radical (unpaired) electrons. The van der Waals surface area contributed by atoms with Crippen LogP contribution in [0.2, 0.25) is 5.02 Å². The van der Waals surface area contributed by atoms with Gasteiger partial charge in [-0.25, -0.2) is 8.42 Å². The average Bonchev–Trinajstić information content (AvgIpc) is 2.69. The van der Waals surface area contributed by atoms with Gasteiger partial charge in [-0.2, -0.15) is 4.31 Å². The molecule has 0 saturated carbocycles. The van der Waals surface area contributed by atoms with Crippen LogP contribution in [0.5, 0.6) is 5.75 Å². The Morgan fingerprint density at radius 2 is 1.86 bits per heavy atom. The first-order chi connectivity index (χ1) is 13.4. The highest BCUT2D eigenvalue weighted by molar-refractivity contribution is 7.89. The fourth-order valence-electron chi connectivity index (χ4n) is 3.10. The monoisotopic (exact) mass is 422 g/mol. The number of nitrogens with zero attached hydrogens (tertiary/aromatic N) is 1. The molecule has 2 aromatic rings. The number of carbonyl (C=O) groups is 1. The zero-order chi connectivity index (χ0) is 20.1. The molecule has 0 spiro atoms. The Balaban J connectivity index is 1.70. The number of nitrogens with one attached hydrogen (secondary N) is 1. The molecule has 3 rings (SSSR count). The predicted octanol–water partition coefficient (Wildman–Crippen LogP) is 3.84. The SMILES string of the molecule is Cc1ccc(NC(=O)COc2ccccc2Cl)cc1S(=O)(=O)N1CCCCC1. The number of hydrogen-bond acceptors (Lipinski definition) is 4. The van der Waals surface area contributed by atoms with Crippen LogP contribution < -0.4 is 10.1 Å². The van der Waals surface area contributed by atoms with Crippen molar-refractivity contribution >= 4 is 33.2 Å². The molecule has 0 atom stereocenters. The number of hydrogen-bond donors (Lipinski definition) is 1. The topological polar surface area (TPSA) is 75.7 Å². The Labute approximate surface area is 170 Å². The van der Waals surface area contributed by atoms with Gasteiger partial charge in [0.2, 0.25) is 10.0 Å². The number of carbonyl (C=O) groups excluding carboxylic acids is 1. The van der Waals surface area contributed by atoms with Gasteiger partial charge in [-0.15, -0.1) is 0 Å². The van der Waals surface area contributed by atoms with E-state index in [0.717, 1.165) is 19.3 Å². The minimum absolute atomic E-state index is 0.222. The molecular formula is C20H23ClN2O4S. The summed E-state index contributed by atoms with van der Waals surface area (Å²) in [6, 6.07) is 11.8. The van der Waals surface area contributed by atoms with Gasteiger partial charge in [0.1, 0.15) is 5.75 Å². The quantitative estimate of drug-likeness (QED) is 0.767. The summed E-state index contributed by atoms with van der Waals surface area (Å²) in [5.74, 6) is 0.0154. The minimum atomic E-state index is -3.58. The van der Waals surface area contributed by atoms with Crippen LogP contribution in [0, 0.1) is 6.92 Å². The van der Waals surface area contributed by atoms with Crippen LogP contribution in [-0.4, -0.2) is 38.3 Å². The van der Waals surface area contributed by atoms with E-state index in [2.05, 4.69) is 5.32 Å². The summed E-state index contributed by atoms with van der Waals surface area (Å²) in [6.07, 6.45) is 2.79. The summed E-state index contributed by atoms with van der Waals surface area (Å²) >= 11 is 6.00. The molecule has 1 amide bonds. The number of sulfonamides is 1. The fourth-order valence-corrected chi connectivity index (χ4v) is 5.06. The maximum absolute atomic E-state index is 13.0. The van der Waals surface area contributed by atoms with Gasteiger partial charge >= 0.3 is 0 Å². The van der Waals surface area contributed by atoms with Gasteiger partial charge in [0, 0.05) is 18.8 Å². The predicted molar refractivity (Wildman–Crippen MR) is 109 cm³/mol. The molecule has 28 heavy (non-hydrogen) atoms. The Morgan fingerprint density at radius 1 is 1.14 bits per heavy atom. The van der Waals surface area contributed by atoms with Gasteiger partial charge in [0.25, 0.3) is 5.91 Å². The van der Waals surface area contributed by atoms with E-state index in [0.29, 0.717) is 35.1 Å². The highest BCUT2D eigenvalue weighted by Gasteiger charge is 2.27. The van der Waals surface area contributed by atoms with Crippen molar-refractivity contribution in [3.8, 4) is 5.75 Å². The molecule has 1 fully saturated rings. The molecule has 1 aliphatic heterocycles. The lowest BCUT2D eigenvalue weighted by atomic mass is 10.2. The van der Waals surface area contributed by atoms with E-state index < -0.39 is 15.9 Å². The number of rotatable bonds is 6. The molecule has 1 saturated heterocycles. The molecule has 1 aliphatic rings. The maximum Gasteiger partial charge on any atom is 0.262 e. The third-order valence-corrected chi connectivity index (χ3v) is 6.95. The Morgan fingerprint density at radius 3 is 2.57 bits per heavy atom. The zero-order valence-electron chi connectivity index (χ0n) is 15.7. The standard InChI is InChI=1S/C20H23ClN2O4S/c1-15-9-10-16(13-19(15)28(25,26)23-11-5-2-6-12-23)22-20(24)14-27-18-8-4-3-7-17(18)21/h3-4,7-10,13H,2,5-6,11-12,14H2,1H3,(H,22,24). The van der Waals surface area contributed by atoms with Crippen molar-refractivity contribution in [1.82, 2.24) is 4.31 Å². The van der Waals surface area contributed by atoms with E-state index in [1.807, 2.05) is 0 Å². The number of amides is 1. The number of aryl methyl sites for hydroxylation is 1. The molecule has 2 aromatic carbocycles. The fraction of sp³-hybridized carbons (Fsp3) is 0.350. The summed E-state index contributed by atoms with van der Waals surface area (Å²) < 4.78 is 32.9. The smallest absolute Gasteiger partial charge is 0.262 e. The van der Waals surface area contributed by atoms with Crippen LogP contribution in [0.15, 0.2) is 47.4 Å². The van der Waals surface area contributed by atoms with E-state index in [1.54, 1.807) is 43.3 Å². The van der Waals surface area contributed by atoms with Crippen molar-refractivity contribution in [3.63, 3.8) is 0 Å². The molecule has 0 bridgehead atoms. The minimum Gasteiger partial charge on any atom is -0.482 e. The van der Waals surface area contributed by atoms with E-state index in [9.17, 15) is 13.2 Å². The summed E-state index contributed by atoms with van der Waals surface area (Å²) in [6.45, 7) is 2.59. The Kier molecular flexibility index (Phi) is 6.59. The maximum atomic E-state index is 13.0. The van der Waals surface area contributed by atoms with Gasteiger partial charge < -0.3 is 10.1 Å². The number of benzene rings is 2. The van der Waals surface area contributed by atoms with Crippen LogP contribution in [0.25, 0.3) is 0 Å². The molecule has 0 unspecified atom stereocenters. The second-order valence-corrected chi connectivity index (χ2v) is 9.03. The van der Waals surface area contributed by atoms with E-state index in [1.165, 1.54) is 10.4 Å². The number of ether oxygens (including phenoxy) is 1. The van der Waals surface area contributed by atoms with Crippen LogP contribution in [0.4, 0.5) is 5.69 Å². The lowest BCUT2D eigenvalue weighted by molar-refractivity contribution is -0.118. The third kappa shape index (κ3) is 4.84. The molecule has 6 nitrogen and oxygen atoms in total. The van der Waals surface area contributed by atoms with Crippen molar-refractivity contribution in [1.29, 1.82) is 0 Å². The number of para-hydroxylation sites is 1. The first kappa shape index (κ1) is 20.6. The zero-order valence-corrected chi connectivity index (χ0v) is 17.2. The van der Waals surface area contributed by atoms with Gasteiger partial charge in [-0.1, -0.05) is 36.2 Å². The summed E-state index contributed by atoms with van der Waals surface area (Å²) in [7, 11) is -3.58. The number of anilines is 1. The van der Waals surface area contributed by atoms with E-state index in [-0.39, 0.29) is 11.5 Å². The third-order valence-electron chi connectivity index (χ3n) is 4.60. The highest BCUT2D eigenvalue weighted by Crippen LogP contribution is 2.26. The molecule has 0 aliphatic carbocycles. The first-order valence-electron chi connectivity index (χ1n) is 9.16. The normalized spacial score (nSPS) is 15.2. The Bertz CT molecular complexity index is 956. The van der Waals surface area contributed by atoms with Crippen LogP contribution in [0.1, 0.15) is 24.8 Å². The summed E-state index contributed by atoms with van der Waals surface area (Å²) in [5.41, 5.74) is 1.06. The molecule has 8 heteroatoms. The van der Waals surface area contributed by atoms with Crippen molar-refractivity contribution in [3.05, 3.63) is 53.1 Å². The van der Waals surface area contributed by atoms with Crippen LogP contribution in [0.3, 0.4) is 0 Å². The molecule has 1 heterocycles. The van der Waals surface area contributed by atoms with Gasteiger partial charge in [0.15, 0.2) is 6.61 Å². The summed E-state index contributed by atoms with van der Waals surface area (Å²) in [5, 5.41) is 3.10. The second kappa shape index (κ2) is 8.94. The second-order valence-electron chi connectivity index (χ2n) is 6.71. The highest BCUT2D eigenvalue weighted by atomic mass is 35.5. The van der Waals surface area contributed by atoms with Gasteiger partial charge in [-0.3, -0.25) is 4.79 Å². The van der Waals surface area contributed by atoms with Gasteiger partial charge in [-0.05, 0) is 49.6 Å². The van der Waals surface area contributed by atoms with Gasteiger partial charge in [0.05, 0.1) is 9.92 Å². The number of piperidine rings is 1. The van der Waals surface area contributed by atoms with Crippen molar-refractivity contribution in [2.45, 2.75) is 31.1 Å². The molecule has 0 aromatic heterocycles. The Hall–Kier alpha value is -2.09. The van der Waals surface area contributed by atoms with Crippen molar-refractivity contribution in [2.75, 3.05) is 25.0 Å². The van der Waals surface area contributed by atoms with Crippen molar-refractivity contribution < 1.29 is 17.9 Å². The molecular weight excluding hydrogens is 400 g/mol. The first-order valence-corrected chi connectivity index (χ1v) is 11.0. The summed E-state index contributed by atoms with van der Waals surface area (Å²) in [4.78, 5) is 12.4. The molecule has 1 N–H and O–H groups in total. The van der Waals surface area contributed by atoms with E-state index in [4.69, 9.17) is 16.3 Å². The average molecular weight is 423 g/mol. The van der Waals surface area contributed by atoms with Crippen molar-refractivity contribution in [2.24, 2.45) is 0 Å². The largest absolute Gasteiger partial charge is 0.482 e. The lowest BCUT2D eigenvalue weighted by Gasteiger charge is -2.26. The van der Waals surface area contributed by atoms with Crippen LogP contribution >= 0.6 is 11.6 Å². The number of halogens is 1. The van der Waals surface area contributed by atoms with E-state index >= 15 is 0 Å². The van der Waals surface area contributed by atoms with Crippen LogP contribution in [-0.2, 0) is 14.8 Å². The molecule has 150 valence electrons. The lowest BCUT2D eigenvalue weighted by Crippen LogP contribution is -2.36.